The molecule has 0 fully saturated rings. The fraction of sp³-hybridized carbons (Fsp3) is 0.167. The second-order valence-electron chi connectivity index (χ2n) is 3.70. The number of methoxy groups -OCH3 is 1. The number of ether oxygens (including phenoxy) is 1. The highest BCUT2D eigenvalue weighted by atomic mass is 35.5. The minimum atomic E-state index is -0.601. The molecule has 0 saturated heterocycles. The molecule has 0 spiro atoms. The van der Waals surface area contributed by atoms with Crippen molar-refractivity contribution in [1.82, 2.24) is 15.0 Å². The molecule has 0 saturated carbocycles. The van der Waals surface area contributed by atoms with Crippen molar-refractivity contribution in [2.24, 2.45) is 0 Å². The van der Waals surface area contributed by atoms with Gasteiger partial charge >= 0.3 is 5.97 Å². The van der Waals surface area contributed by atoms with Crippen molar-refractivity contribution in [3.8, 4) is 0 Å². The lowest BCUT2D eigenvalue weighted by Gasteiger charge is -2.02. The summed E-state index contributed by atoms with van der Waals surface area (Å²) in [6.45, 7) is -0.0479. The summed E-state index contributed by atoms with van der Waals surface area (Å²) in [5, 5.41) is 7.67. The predicted octanol–water partition coefficient (Wildman–Crippen LogP) is 1.60. The summed E-state index contributed by atoms with van der Waals surface area (Å²) in [5.74, 6) is -0.816. The molecule has 98 valence electrons. The van der Waals surface area contributed by atoms with E-state index in [0.717, 1.165) is 0 Å². The molecule has 19 heavy (non-hydrogen) atoms. The second kappa shape index (κ2) is 5.62. The minimum Gasteiger partial charge on any atom is -0.464 e. The van der Waals surface area contributed by atoms with Gasteiger partial charge < -0.3 is 4.74 Å². The third kappa shape index (κ3) is 2.97. The summed E-state index contributed by atoms with van der Waals surface area (Å²) >= 11 is 5.92. The van der Waals surface area contributed by atoms with Gasteiger partial charge in [-0.2, -0.15) is 0 Å². The molecule has 1 aromatic carbocycles. The van der Waals surface area contributed by atoms with Crippen LogP contribution in [0.2, 0.25) is 5.02 Å². The Bertz CT molecular complexity index is 624. The lowest BCUT2D eigenvalue weighted by Crippen LogP contribution is -2.11. The summed E-state index contributed by atoms with van der Waals surface area (Å²) in [4.78, 5) is 23.2. The highest BCUT2D eigenvalue weighted by Crippen LogP contribution is 2.16. The van der Waals surface area contributed by atoms with Gasteiger partial charge in [-0.15, -0.1) is 5.10 Å². The van der Waals surface area contributed by atoms with E-state index in [4.69, 9.17) is 11.6 Å². The molecule has 0 aliphatic carbocycles. The number of aromatic nitrogens is 3. The summed E-state index contributed by atoms with van der Waals surface area (Å²) < 4.78 is 5.76. The maximum Gasteiger partial charge on any atom is 0.360 e. The van der Waals surface area contributed by atoms with Gasteiger partial charge in [0.2, 0.25) is 0 Å². The molecule has 0 atom stereocenters. The maximum atomic E-state index is 12.0. The van der Waals surface area contributed by atoms with Crippen molar-refractivity contribution in [3.05, 3.63) is 46.7 Å². The molecule has 0 aliphatic heterocycles. The van der Waals surface area contributed by atoms with Crippen molar-refractivity contribution in [2.75, 3.05) is 7.11 Å². The topological polar surface area (TPSA) is 74.1 Å². The first-order valence-corrected chi connectivity index (χ1v) is 5.76. The predicted molar refractivity (Wildman–Crippen MR) is 67.1 cm³/mol. The summed E-state index contributed by atoms with van der Waals surface area (Å²) in [6, 6.07) is 6.73. The number of hydrogen-bond donors (Lipinski definition) is 0. The van der Waals surface area contributed by atoms with Crippen LogP contribution in [0.15, 0.2) is 30.5 Å². The van der Waals surface area contributed by atoms with Gasteiger partial charge in [-0.1, -0.05) is 28.9 Å². The largest absolute Gasteiger partial charge is 0.464 e. The van der Waals surface area contributed by atoms with Gasteiger partial charge in [0, 0.05) is 5.56 Å². The third-order valence-electron chi connectivity index (χ3n) is 2.41. The van der Waals surface area contributed by atoms with Crippen LogP contribution in [0.1, 0.15) is 20.8 Å². The smallest absolute Gasteiger partial charge is 0.360 e. The zero-order valence-electron chi connectivity index (χ0n) is 10.0. The number of Topliss-reactive ketones (excluding diaryl/α,β-unsaturated/α-hetero) is 1. The molecular weight excluding hydrogens is 270 g/mol. The SMILES string of the molecule is COC(=O)c1cn(CC(=O)c2ccccc2Cl)nn1. The second-order valence-corrected chi connectivity index (χ2v) is 4.10. The Labute approximate surface area is 113 Å². The number of ketones is 1. The van der Waals surface area contributed by atoms with E-state index in [2.05, 4.69) is 15.0 Å². The number of carbonyl (C=O) groups excluding carboxylic acids is 2. The van der Waals surface area contributed by atoms with Crippen LogP contribution in [0.5, 0.6) is 0 Å². The molecular formula is C12H10ClN3O3. The van der Waals surface area contributed by atoms with E-state index in [9.17, 15) is 9.59 Å². The normalized spacial score (nSPS) is 10.2. The van der Waals surface area contributed by atoms with E-state index in [1.54, 1.807) is 24.3 Å². The number of hydrogen-bond acceptors (Lipinski definition) is 5. The first-order valence-electron chi connectivity index (χ1n) is 5.38. The number of halogens is 1. The molecule has 7 heteroatoms. The van der Waals surface area contributed by atoms with E-state index in [0.29, 0.717) is 10.6 Å². The molecule has 0 N–H and O–H groups in total. The highest BCUT2D eigenvalue weighted by molar-refractivity contribution is 6.33. The molecule has 2 aromatic rings. The van der Waals surface area contributed by atoms with E-state index < -0.39 is 5.97 Å². The van der Waals surface area contributed by atoms with Crippen molar-refractivity contribution >= 4 is 23.4 Å². The molecule has 0 unspecified atom stereocenters. The Morgan fingerprint density at radius 1 is 1.37 bits per heavy atom. The maximum absolute atomic E-state index is 12.0. The molecule has 2 rings (SSSR count). The Morgan fingerprint density at radius 2 is 2.11 bits per heavy atom. The minimum absolute atomic E-state index is 0.0479. The first kappa shape index (κ1) is 13.2. The van der Waals surface area contributed by atoms with Gasteiger partial charge in [0.05, 0.1) is 18.3 Å². The lowest BCUT2D eigenvalue weighted by atomic mass is 10.1. The molecule has 1 heterocycles. The number of nitrogens with zero attached hydrogens (tertiary/aromatic N) is 3. The Kier molecular flexibility index (Phi) is 3.91. The van der Waals surface area contributed by atoms with Crippen molar-refractivity contribution in [2.45, 2.75) is 6.54 Å². The Hall–Kier alpha value is -2.21. The summed E-state index contributed by atoms with van der Waals surface area (Å²) in [5.41, 5.74) is 0.453. The van der Waals surface area contributed by atoms with Crippen LogP contribution in [0.4, 0.5) is 0 Å². The van der Waals surface area contributed by atoms with Gasteiger partial charge in [0.1, 0.15) is 6.54 Å². The zero-order chi connectivity index (χ0) is 13.8. The van der Waals surface area contributed by atoms with Crippen LogP contribution in [-0.4, -0.2) is 33.9 Å². The van der Waals surface area contributed by atoms with Crippen LogP contribution >= 0.6 is 11.6 Å². The van der Waals surface area contributed by atoms with E-state index in [1.165, 1.54) is 18.0 Å². The van der Waals surface area contributed by atoms with Crippen LogP contribution in [-0.2, 0) is 11.3 Å². The molecule has 0 aliphatic rings. The van der Waals surface area contributed by atoms with Gasteiger partial charge in [0.25, 0.3) is 0 Å². The van der Waals surface area contributed by atoms with E-state index >= 15 is 0 Å². The number of benzene rings is 1. The standard InChI is InChI=1S/C12H10ClN3O3/c1-19-12(18)10-6-16(15-14-10)7-11(17)8-4-2-3-5-9(8)13/h2-6H,7H2,1H3. The zero-order valence-corrected chi connectivity index (χ0v) is 10.8. The molecule has 0 radical (unpaired) electrons. The Morgan fingerprint density at radius 3 is 2.79 bits per heavy atom. The van der Waals surface area contributed by atoms with Crippen molar-refractivity contribution in [1.29, 1.82) is 0 Å². The fourth-order valence-electron chi connectivity index (χ4n) is 1.49. The van der Waals surface area contributed by atoms with Crippen LogP contribution in [0.25, 0.3) is 0 Å². The van der Waals surface area contributed by atoms with Gasteiger partial charge in [0.15, 0.2) is 11.5 Å². The van der Waals surface area contributed by atoms with Crippen LogP contribution in [0.3, 0.4) is 0 Å². The molecule has 0 bridgehead atoms. The Balaban J connectivity index is 2.14. The third-order valence-corrected chi connectivity index (χ3v) is 2.74. The van der Waals surface area contributed by atoms with Crippen molar-refractivity contribution in [3.63, 3.8) is 0 Å². The lowest BCUT2D eigenvalue weighted by molar-refractivity contribution is 0.0593. The summed E-state index contributed by atoms with van der Waals surface area (Å²) in [7, 11) is 1.25. The highest BCUT2D eigenvalue weighted by Gasteiger charge is 2.14. The van der Waals surface area contributed by atoms with E-state index in [-0.39, 0.29) is 18.0 Å². The van der Waals surface area contributed by atoms with Crippen LogP contribution in [0, 0.1) is 0 Å². The average Bonchev–Trinajstić information content (AvgIpc) is 2.86. The molecule has 6 nitrogen and oxygen atoms in total. The van der Waals surface area contributed by atoms with E-state index in [1.807, 2.05) is 0 Å². The van der Waals surface area contributed by atoms with Gasteiger partial charge in [-0.3, -0.25) is 4.79 Å². The number of esters is 1. The molecule has 1 aromatic heterocycles. The average molecular weight is 280 g/mol. The first-order chi connectivity index (χ1) is 9.11. The van der Waals surface area contributed by atoms with Crippen LogP contribution < -0.4 is 0 Å². The van der Waals surface area contributed by atoms with Gasteiger partial charge in [-0.25, -0.2) is 9.48 Å². The number of rotatable bonds is 4. The van der Waals surface area contributed by atoms with Gasteiger partial charge in [-0.05, 0) is 12.1 Å². The molecule has 0 amide bonds. The monoisotopic (exact) mass is 279 g/mol. The number of carbonyl (C=O) groups is 2. The summed E-state index contributed by atoms with van der Waals surface area (Å²) in [6.07, 6.45) is 1.35. The van der Waals surface area contributed by atoms with Crippen molar-refractivity contribution < 1.29 is 14.3 Å². The fourth-order valence-corrected chi connectivity index (χ4v) is 1.73. The quantitative estimate of drug-likeness (QED) is 0.628.